The summed E-state index contributed by atoms with van der Waals surface area (Å²) in [6, 6.07) is 10.7. The van der Waals surface area contributed by atoms with E-state index in [1.54, 1.807) is 22.1 Å². The van der Waals surface area contributed by atoms with Crippen LogP contribution in [0.25, 0.3) is 0 Å². The third-order valence-electron chi connectivity index (χ3n) is 6.75. The molecule has 3 heterocycles. The molecule has 4 aliphatic rings. The van der Waals surface area contributed by atoms with Gasteiger partial charge in [-0.25, -0.2) is 9.78 Å². The third kappa shape index (κ3) is 3.36. The molecule has 1 aromatic carbocycles. The first-order chi connectivity index (χ1) is 15.1. The Kier molecular flexibility index (Phi) is 4.09. The normalized spacial score (nSPS) is 21.9. The van der Waals surface area contributed by atoms with Crippen molar-refractivity contribution in [3.05, 3.63) is 54.0 Å². The lowest BCUT2D eigenvalue weighted by molar-refractivity contribution is 0.229. The molecule has 0 bridgehead atoms. The number of likely N-dealkylation sites (N-methyl/N-ethyl adjacent to an activating group) is 1. The van der Waals surface area contributed by atoms with Crippen LogP contribution in [0.2, 0.25) is 0 Å². The summed E-state index contributed by atoms with van der Waals surface area (Å²) in [7, 11) is 1.81. The summed E-state index contributed by atoms with van der Waals surface area (Å²) in [4.78, 5) is 27.0. The second-order valence-electron chi connectivity index (χ2n) is 9.01. The molecule has 2 N–H and O–H groups in total. The van der Waals surface area contributed by atoms with Crippen LogP contribution in [0.1, 0.15) is 37.2 Å². The van der Waals surface area contributed by atoms with Gasteiger partial charge in [0.25, 0.3) is 0 Å². The van der Waals surface area contributed by atoms with Gasteiger partial charge in [-0.2, -0.15) is 4.98 Å². The average molecular weight is 418 g/mol. The van der Waals surface area contributed by atoms with Crippen LogP contribution in [-0.4, -0.2) is 53.2 Å². The number of benzene rings is 1. The SMILES string of the molecule is CN1CCN(c2ccnc(NC3(C4=CN(c5ccc(C6CC6)cc5)CN4)CC3)n2)C1=O. The quantitative estimate of drug-likeness (QED) is 0.752. The van der Waals surface area contributed by atoms with E-state index in [0.29, 0.717) is 24.9 Å². The largest absolute Gasteiger partial charge is 0.368 e. The van der Waals surface area contributed by atoms with Gasteiger partial charge < -0.3 is 20.4 Å². The minimum atomic E-state index is -0.160. The van der Waals surface area contributed by atoms with E-state index in [-0.39, 0.29) is 11.6 Å². The number of amides is 2. The lowest BCUT2D eigenvalue weighted by Gasteiger charge is -2.20. The molecule has 0 spiro atoms. The lowest BCUT2D eigenvalue weighted by atomic mass is 10.1. The number of nitrogens with one attached hydrogen (secondary N) is 2. The summed E-state index contributed by atoms with van der Waals surface area (Å²) in [6.45, 7) is 2.12. The van der Waals surface area contributed by atoms with Crippen LogP contribution in [0, 0.1) is 0 Å². The molecule has 0 unspecified atom stereocenters. The predicted molar refractivity (Wildman–Crippen MR) is 120 cm³/mol. The van der Waals surface area contributed by atoms with E-state index in [1.807, 2.05) is 7.05 Å². The third-order valence-corrected chi connectivity index (χ3v) is 6.75. The van der Waals surface area contributed by atoms with Gasteiger partial charge in [-0.1, -0.05) is 12.1 Å². The molecule has 2 aromatic rings. The first-order valence-electron chi connectivity index (χ1n) is 11.1. The van der Waals surface area contributed by atoms with Crippen molar-refractivity contribution in [3.63, 3.8) is 0 Å². The number of rotatable bonds is 6. The fourth-order valence-electron chi connectivity index (χ4n) is 4.45. The average Bonchev–Trinajstić information content (AvgIpc) is 3.71. The first kappa shape index (κ1) is 18.5. The van der Waals surface area contributed by atoms with Crippen molar-refractivity contribution in [3.8, 4) is 0 Å². The van der Waals surface area contributed by atoms with E-state index in [9.17, 15) is 4.79 Å². The molecule has 8 nitrogen and oxygen atoms in total. The topological polar surface area (TPSA) is 76.6 Å². The van der Waals surface area contributed by atoms with Crippen molar-refractivity contribution in [2.75, 3.05) is 41.9 Å². The minimum Gasteiger partial charge on any atom is -0.368 e. The zero-order valence-electron chi connectivity index (χ0n) is 17.7. The maximum atomic E-state index is 12.3. The van der Waals surface area contributed by atoms with Gasteiger partial charge in [-0.3, -0.25) is 4.90 Å². The number of carbonyl (C=O) groups excluding carboxylic acids is 1. The summed E-state index contributed by atoms with van der Waals surface area (Å²) in [5.74, 6) is 1.99. The van der Waals surface area contributed by atoms with E-state index in [0.717, 1.165) is 25.4 Å². The minimum absolute atomic E-state index is 0.0192. The molecular formula is C23H27N7O. The number of urea groups is 1. The Morgan fingerprint density at radius 1 is 1.13 bits per heavy atom. The summed E-state index contributed by atoms with van der Waals surface area (Å²) in [6.07, 6.45) is 8.63. The van der Waals surface area contributed by atoms with Crippen molar-refractivity contribution in [2.24, 2.45) is 0 Å². The molecule has 3 fully saturated rings. The van der Waals surface area contributed by atoms with Gasteiger partial charge in [0.1, 0.15) is 5.82 Å². The highest BCUT2D eigenvalue weighted by molar-refractivity contribution is 5.93. The van der Waals surface area contributed by atoms with Crippen molar-refractivity contribution in [2.45, 2.75) is 37.1 Å². The molecule has 0 radical (unpaired) electrons. The second kappa shape index (κ2) is 6.87. The summed E-state index contributed by atoms with van der Waals surface area (Å²) >= 11 is 0. The van der Waals surface area contributed by atoms with E-state index >= 15 is 0 Å². The van der Waals surface area contributed by atoms with Crippen LogP contribution in [0.15, 0.2) is 48.4 Å². The van der Waals surface area contributed by atoms with Crippen LogP contribution in [-0.2, 0) is 0 Å². The fourth-order valence-corrected chi connectivity index (χ4v) is 4.45. The molecule has 2 aliphatic heterocycles. The Bertz CT molecular complexity index is 1040. The number of carbonyl (C=O) groups is 1. The number of aromatic nitrogens is 2. The van der Waals surface area contributed by atoms with Gasteiger partial charge in [-0.05, 0) is 55.4 Å². The van der Waals surface area contributed by atoms with Crippen LogP contribution in [0.3, 0.4) is 0 Å². The van der Waals surface area contributed by atoms with Gasteiger partial charge in [0, 0.05) is 38.2 Å². The monoisotopic (exact) mass is 417 g/mol. The van der Waals surface area contributed by atoms with Crippen LogP contribution in [0.4, 0.5) is 22.2 Å². The Balaban J connectivity index is 1.18. The smallest absolute Gasteiger partial charge is 0.325 e. The maximum Gasteiger partial charge on any atom is 0.325 e. The molecule has 0 atom stereocenters. The molecule has 160 valence electrons. The Morgan fingerprint density at radius 3 is 2.61 bits per heavy atom. The van der Waals surface area contributed by atoms with Crippen LogP contribution in [0.5, 0.6) is 0 Å². The molecule has 2 amide bonds. The predicted octanol–water partition coefficient (Wildman–Crippen LogP) is 3.08. The van der Waals surface area contributed by atoms with Crippen molar-refractivity contribution in [1.29, 1.82) is 0 Å². The van der Waals surface area contributed by atoms with Crippen molar-refractivity contribution >= 4 is 23.5 Å². The summed E-state index contributed by atoms with van der Waals surface area (Å²) < 4.78 is 0. The lowest BCUT2D eigenvalue weighted by Crippen LogP contribution is -2.33. The number of hydrogen-bond donors (Lipinski definition) is 2. The van der Waals surface area contributed by atoms with Crippen molar-refractivity contribution < 1.29 is 4.79 Å². The number of anilines is 3. The van der Waals surface area contributed by atoms with E-state index < -0.39 is 0 Å². The Morgan fingerprint density at radius 2 is 1.94 bits per heavy atom. The number of hydrogen-bond acceptors (Lipinski definition) is 6. The van der Waals surface area contributed by atoms with Gasteiger partial charge in [0.05, 0.1) is 17.9 Å². The Labute approximate surface area is 181 Å². The van der Waals surface area contributed by atoms with Crippen LogP contribution < -0.4 is 20.4 Å². The van der Waals surface area contributed by atoms with Crippen molar-refractivity contribution in [1.82, 2.24) is 20.2 Å². The molecular weight excluding hydrogens is 390 g/mol. The zero-order valence-corrected chi connectivity index (χ0v) is 17.7. The Hall–Kier alpha value is -3.29. The van der Waals surface area contributed by atoms with Gasteiger partial charge in [0.2, 0.25) is 5.95 Å². The van der Waals surface area contributed by atoms with E-state index in [4.69, 9.17) is 0 Å². The van der Waals surface area contributed by atoms with E-state index in [2.05, 4.69) is 56.0 Å². The van der Waals surface area contributed by atoms with E-state index in [1.165, 1.54) is 29.8 Å². The van der Waals surface area contributed by atoms with Gasteiger partial charge in [0.15, 0.2) is 0 Å². The number of nitrogens with zero attached hydrogens (tertiary/aromatic N) is 5. The standard InChI is InChI=1S/C23H27N7O/c1-28-12-13-30(22(28)31)20-8-11-24-21(26-20)27-23(9-10-23)19-14-29(15-25-19)18-6-4-17(5-7-18)16-2-3-16/h4-8,11,14,16,25H,2-3,9-10,12-13,15H2,1H3,(H,24,26,27). The first-order valence-corrected chi connectivity index (χ1v) is 11.1. The summed E-state index contributed by atoms with van der Waals surface area (Å²) in [5.41, 5.74) is 3.68. The maximum absolute atomic E-state index is 12.3. The molecule has 1 saturated heterocycles. The highest BCUT2D eigenvalue weighted by Gasteiger charge is 2.48. The summed E-state index contributed by atoms with van der Waals surface area (Å²) in [5, 5.41) is 7.09. The zero-order chi connectivity index (χ0) is 21.0. The highest BCUT2D eigenvalue weighted by Crippen LogP contribution is 2.45. The van der Waals surface area contributed by atoms with Gasteiger partial charge >= 0.3 is 6.03 Å². The molecule has 8 heteroatoms. The molecule has 2 saturated carbocycles. The molecule has 6 rings (SSSR count). The van der Waals surface area contributed by atoms with Crippen LogP contribution >= 0.6 is 0 Å². The fraction of sp³-hybridized carbons (Fsp3) is 0.435. The molecule has 1 aromatic heterocycles. The molecule has 2 aliphatic carbocycles. The second-order valence-corrected chi connectivity index (χ2v) is 9.01. The highest BCUT2D eigenvalue weighted by atomic mass is 16.2. The van der Waals surface area contributed by atoms with Gasteiger partial charge in [-0.15, -0.1) is 0 Å². The molecule has 31 heavy (non-hydrogen) atoms.